The van der Waals surface area contributed by atoms with Crippen LogP contribution in [0.25, 0.3) is 0 Å². The molecule has 0 bridgehead atoms. The van der Waals surface area contributed by atoms with Crippen LogP contribution in [0.2, 0.25) is 0 Å². The fourth-order valence-corrected chi connectivity index (χ4v) is 1.85. The fraction of sp³-hybridized carbons (Fsp3) is 0.636. The molecule has 0 aromatic carbocycles. The normalized spacial score (nSPS) is 17.1. The number of hydrogen-bond donors (Lipinski definition) is 3. The van der Waals surface area contributed by atoms with Gasteiger partial charge in [-0.15, -0.1) is 5.92 Å². The maximum Gasteiger partial charge on any atom is 0.329 e. The Morgan fingerprint density at radius 2 is 2.00 bits per heavy atom. The Hall–Kier alpha value is -1.70. The van der Waals surface area contributed by atoms with Crippen LogP contribution in [0, 0.1) is 11.8 Å². The van der Waals surface area contributed by atoms with Crippen molar-refractivity contribution in [2.75, 3.05) is 6.54 Å². The predicted molar refractivity (Wildman–Crippen MR) is 58.8 cm³/mol. The van der Waals surface area contributed by atoms with Crippen molar-refractivity contribution in [1.29, 1.82) is 0 Å². The SMILES string of the molecule is CC#CCNC(=O)NC1(C(=O)O)CCCC1. The van der Waals surface area contributed by atoms with Gasteiger partial charge >= 0.3 is 12.0 Å². The molecular weight excluding hydrogens is 208 g/mol. The summed E-state index contributed by atoms with van der Waals surface area (Å²) in [5.74, 6) is 4.36. The molecule has 5 nitrogen and oxygen atoms in total. The summed E-state index contributed by atoms with van der Waals surface area (Å²) in [7, 11) is 0. The quantitative estimate of drug-likeness (QED) is 0.618. The number of carbonyl (C=O) groups is 2. The molecule has 0 spiro atoms. The Bertz CT molecular complexity index is 335. The van der Waals surface area contributed by atoms with Gasteiger partial charge in [0.1, 0.15) is 5.54 Å². The molecule has 2 amide bonds. The van der Waals surface area contributed by atoms with E-state index in [2.05, 4.69) is 22.5 Å². The number of rotatable bonds is 3. The predicted octanol–water partition coefficient (Wildman–Crippen LogP) is 0.706. The lowest BCUT2D eigenvalue weighted by molar-refractivity contribution is -0.144. The van der Waals surface area contributed by atoms with Gasteiger partial charge in [-0.2, -0.15) is 0 Å². The van der Waals surface area contributed by atoms with Gasteiger partial charge in [0, 0.05) is 0 Å². The Kier molecular flexibility index (Phi) is 4.18. The number of nitrogens with one attached hydrogen (secondary N) is 2. The number of aliphatic carboxylic acids is 1. The second-order valence-corrected chi connectivity index (χ2v) is 3.83. The Balaban J connectivity index is 2.51. The largest absolute Gasteiger partial charge is 0.480 e. The highest BCUT2D eigenvalue weighted by molar-refractivity contribution is 5.86. The maximum absolute atomic E-state index is 11.4. The molecule has 88 valence electrons. The zero-order valence-corrected chi connectivity index (χ0v) is 9.30. The van der Waals surface area contributed by atoms with Crippen molar-refractivity contribution in [3.63, 3.8) is 0 Å². The van der Waals surface area contributed by atoms with Crippen molar-refractivity contribution < 1.29 is 14.7 Å². The first-order chi connectivity index (χ1) is 7.60. The van der Waals surface area contributed by atoms with Gasteiger partial charge in [-0.25, -0.2) is 9.59 Å². The minimum Gasteiger partial charge on any atom is -0.480 e. The summed E-state index contributed by atoms with van der Waals surface area (Å²) in [6.45, 7) is 1.91. The van der Waals surface area contributed by atoms with Crippen molar-refractivity contribution in [1.82, 2.24) is 10.6 Å². The van der Waals surface area contributed by atoms with Gasteiger partial charge in [-0.05, 0) is 19.8 Å². The maximum atomic E-state index is 11.4. The third kappa shape index (κ3) is 2.89. The second-order valence-electron chi connectivity index (χ2n) is 3.83. The molecule has 1 rings (SSSR count). The van der Waals surface area contributed by atoms with Gasteiger partial charge in [-0.3, -0.25) is 0 Å². The van der Waals surface area contributed by atoms with Crippen LogP contribution >= 0.6 is 0 Å². The zero-order valence-electron chi connectivity index (χ0n) is 9.30. The topological polar surface area (TPSA) is 78.4 Å². The summed E-state index contributed by atoms with van der Waals surface area (Å²) in [6, 6.07) is -0.466. The summed E-state index contributed by atoms with van der Waals surface area (Å²) < 4.78 is 0. The summed E-state index contributed by atoms with van der Waals surface area (Å²) in [4.78, 5) is 22.5. The Morgan fingerprint density at radius 3 is 2.50 bits per heavy atom. The molecule has 1 aliphatic rings. The van der Waals surface area contributed by atoms with Crippen molar-refractivity contribution in [2.24, 2.45) is 0 Å². The first-order valence-corrected chi connectivity index (χ1v) is 5.30. The number of carbonyl (C=O) groups excluding carboxylic acids is 1. The second kappa shape index (κ2) is 5.40. The van der Waals surface area contributed by atoms with Gasteiger partial charge in [0.15, 0.2) is 0 Å². The van der Waals surface area contributed by atoms with Crippen LogP contribution in [0.15, 0.2) is 0 Å². The van der Waals surface area contributed by atoms with Crippen molar-refractivity contribution in [2.45, 2.75) is 38.1 Å². The average molecular weight is 224 g/mol. The molecule has 0 saturated heterocycles. The summed E-state index contributed by atoms with van der Waals surface area (Å²) in [5, 5.41) is 14.2. The van der Waals surface area contributed by atoms with Crippen molar-refractivity contribution in [3.05, 3.63) is 0 Å². The van der Waals surface area contributed by atoms with Crippen LogP contribution in [0.4, 0.5) is 4.79 Å². The minimum absolute atomic E-state index is 0.234. The summed E-state index contributed by atoms with van der Waals surface area (Å²) in [6.07, 6.45) is 2.66. The molecule has 0 radical (unpaired) electrons. The first kappa shape index (κ1) is 12.4. The van der Waals surface area contributed by atoms with E-state index in [1.54, 1.807) is 6.92 Å². The lowest BCUT2D eigenvalue weighted by Crippen LogP contribution is -2.55. The van der Waals surface area contributed by atoms with Crippen LogP contribution in [-0.4, -0.2) is 29.2 Å². The van der Waals surface area contributed by atoms with E-state index >= 15 is 0 Å². The molecule has 0 aromatic rings. The van der Waals surface area contributed by atoms with E-state index < -0.39 is 17.5 Å². The molecule has 0 aromatic heterocycles. The third-order valence-electron chi connectivity index (χ3n) is 2.73. The van der Waals surface area contributed by atoms with Crippen molar-refractivity contribution >= 4 is 12.0 Å². The van der Waals surface area contributed by atoms with Gasteiger partial charge in [-0.1, -0.05) is 18.8 Å². The smallest absolute Gasteiger partial charge is 0.329 e. The zero-order chi connectivity index (χ0) is 12.0. The highest BCUT2D eigenvalue weighted by atomic mass is 16.4. The number of carboxylic acid groups (broad SMARTS) is 1. The van der Waals surface area contributed by atoms with E-state index in [-0.39, 0.29) is 6.54 Å². The van der Waals surface area contributed by atoms with E-state index in [0.29, 0.717) is 12.8 Å². The van der Waals surface area contributed by atoms with E-state index in [4.69, 9.17) is 5.11 Å². The molecule has 0 heterocycles. The van der Waals surface area contributed by atoms with E-state index in [1.807, 2.05) is 0 Å². The third-order valence-corrected chi connectivity index (χ3v) is 2.73. The summed E-state index contributed by atoms with van der Waals surface area (Å²) >= 11 is 0. The van der Waals surface area contributed by atoms with Crippen LogP contribution in [0.1, 0.15) is 32.6 Å². The number of hydrogen-bond acceptors (Lipinski definition) is 2. The number of amides is 2. The molecule has 0 aliphatic heterocycles. The van der Waals surface area contributed by atoms with Crippen LogP contribution in [0.5, 0.6) is 0 Å². The Morgan fingerprint density at radius 1 is 1.38 bits per heavy atom. The van der Waals surface area contributed by atoms with E-state index in [9.17, 15) is 9.59 Å². The number of carboxylic acids is 1. The van der Waals surface area contributed by atoms with Gasteiger partial charge < -0.3 is 15.7 Å². The van der Waals surface area contributed by atoms with Crippen molar-refractivity contribution in [3.8, 4) is 11.8 Å². The molecule has 16 heavy (non-hydrogen) atoms. The number of urea groups is 1. The van der Waals surface area contributed by atoms with E-state index in [1.165, 1.54) is 0 Å². The monoisotopic (exact) mass is 224 g/mol. The van der Waals surface area contributed by atoms with E-state index in [0.717, 1.165) is 12.8 Å². The average Bonchev–Trinajstić information content (AvgIpc) is 2.68. The Labute approximate surface area is 94.6 Å². The molecule has 1 fully saturated rings. The van der Waals surface area contributed by atoms with Gasteiger partial charge in [0.2, 0.25) is 0 Å². The molecule has 3 N–H and O–H groups in total. The first-order valence-electron chi connectivity index (χ1n) is 5.30. The molecular formula is C11H16N2O3. The molecule has 5 heteroatoms. The van der Waals surface area contributed by atoms with Crippen LogP contribution in [-0.2, 0) is 4.79 Å². The van der Waals surface area contributed by atoms with Crippen LogP contribution in [0.3, 0.4) is 0 Å². The standard InChI is InChI=1S/C11H16N2O3/c1-2-3-8-12-10(16)13-11(9(14)15)6-4-5-7-11/h4-8H2,1H3,(H,14,15)(H2,12,13,16). The molecule has 1 aliphatic carbocycles. The van der Waals surface area contributed by atoms with Crippen LogP contribution < -0.4 is 10.6 Å². The molecule has 0 atom stereocenters. The molecule has 1 saturated carbocycles. The summed E-state index contributed by atoms with van der Waals surface area (Å²) in [5.41, 5.74) is -1.08. The highest BCUT2D eigenvalue weighted by Gasteiger charge is 2.42. The minimum atomic E-state index is -1.08. The van der Waals surface area contributed by atoms with Gasteiger partial charge in [0.25, 0.3) is 0 Å². The lowest BCUT2D eigenvalue weighted by atomic mass is 9.98. The lowest BCUT2D eigenvalue weighted by Gasteiger charge is -2.25. The van der Waals surface area contributed by atoms with Gasteiger partial charge in [0.05, 0.1) is 6.54 Å². The molecule has 0 unspecified atom stereocenters. The fourth-order valence-electron chi connectivity index (χ4n) is 1.85. The highest BCUT2D eigenvalue weighted by Crippen LogP contribution is 2.29.